The van der Waals surface area contributed by atoms with Crippen molar-refractivity contribution in [1.29, 1.82) is 0 Å². The van der Waals surface area contributed by atoms with E-state index < -0.39 is 8.80 Å². The van der Waals surface area contributed by atoms with Crippen LogP contribution in [0.2, 0.25) is 6.04 Å². The van der Waals surface area contributed by atoms with E-state index in [1.54, 1.807) is 33.1 Å². The van der Waals surface area contributed by atoms with E-state index in [2.05, 4.69) is 0 Å². The maximum absolute atomic E-state index is 5.37. The molecule has 0 aromatic carbocycles. The Labute approximate surface area is 85.5 Å². The third kappa shape index (κ3) is 4.99. The van der Waals surface area contributed by atoms with Crippen molar-refractivity contribution in [3.05, 3.63) is 0 Å². The summed E-state index contributed by atoms with van der Waals surface area (Å²) in [4.78, 5) is 0. The highest BCUT2D eigenvalue weighted by Gasteiger charge is 2.36. The van der Waals surface area contributed by atoms with E-state index in [1.165, 1.54) is 0 Å². The fourth-order valence-electron chi connectivity index (χ4n) is 0.939. The van der Waals surface area contributed by atoms with Gasteiger partial charge in [0.25, 0.3) is 0 Å². The molecule has 0 aliphatic heterocycles. The highest BCUT2D eigenvalue weighted by molar-refractivity contribution is 7.99. The second-order valence-electron chi connectivity index (χ2n) is 2.45. The Morgan fingerprint density at radius 2 is 1.62 bits per heavy atom. The molecule has 13 heavy (non-hydrogen) atoms. The monoisotopic (exact) mass is 225 g/mol. The first kappa shape index (κ1) is 13.4. The number of hydrogen-bond acceptors (Lipinski definition) is 5. The lowest BCUT2D eigenvalue weighted by Gasteiger charge is -2.23. The van der Waals surface area contributed by atoms with Crippen molar-refractivity contribution in [3.63, 3.8) is 0 Å². The van der Waals surface area contributed by atoms with Crippen LogP contribution in [0.1, 0.15) is 0 Å². The average Bonchev–Trinajstić information content (AvgIpc) is 2.20. The molecule has 0 aromatic rings. The maximum Gasteiger partial charge on any atom is 0.500 e. The summed E-state index contributed by atoms with van der Waals surface area (Å²) in [6.45, 7) is 0.714. The molecule has 80 valence electrons. The van der Waals surface area contributed by atoms with Gasteiger partial charge in [0.2, 0.25) is 0 Å². The summed E-state index contributed by atoms with van der Waals surface area (Å²) in [5, 5.41) is 0. The van der Waals surface area contributed by atoms with Crippen molar-refractivity contribution in [1.82, 2.24) is 0 Å². The van der Waals surface area contributed by atoms with Crippen molar-refractivity contribution in [2.75, 3.05) is 39.4 Å². The van der Waals surface area contributed by atoms with E-state index in [9.17, 15) is 0 Å². The van der Waals surface area contributed by atoms with Crippen LogP contribution in [0.3, 0.4) is 0 Å². The quantitative estimate of drug-likeness (QED) is 0.483. The lowest BCUT2D eigenvalue weighted by Crippen LogP contribution is -2.43. The first-order valence-corrected chi connectivity index (χ1v) is 7.26. The summed E-state index contributed by atoms with van der Waals surface area (Å²) in [5.41, 5.74) is 5.37. The van der Waals surface area contributed by atoms with Crippen LogP contribution in [-0.2, 0) is 13.3 Å². The fraction of sp³-hybridized carbons (Fsp3) is 1.00. The maximum atomic E-state index is 5.37. The molecule has 0 aliphatic carbocycles. The molecule has 0 atom stereocenters. The summed E-state index contributed by atoms with van der Waals surface area (Å²) < 4.78 is 15.8. The molecular formula is C7H19NO3SSi. The van der Waals surface area contributed by atoms with Crippen LogP contribution in [0.25, 0.3) is 0 Å². The molecule has 0 aliphatic rings. The fourth-order valence-corrected chi connectivity index (χ4v) is 4.00. The zero-order valence-electron chi connectivity index (χ0n) is 8.54. The molecule has 0 fully saturated rings. The van der Waals surface area contributed by atoms with Crippen LogP contribution in [0.15, 0.2) is 0 Å². The standard InChI is InChI=1S/C7H19NO3SSi/c1-9-13(10-2,11-3)7-6-12-5-4-8/h4-8H2,1-3H3. The predicted octanol–water partition coefficient (Wildman–Crippen LogP) is 0.556. The third-order valence-corrected chi connectivity index (χ3v) is 5.86. The van der Waals surface area contributed by atoms with E-state index in [0.717, 1.165) is 17.5 Å². The molecule has 0 bridgehead atoms. The molecule has 0 amide bonds. The molecule has 0 radical (unpaired) electrons. The zero-order valence-corrected chi connectivity index (χ0v) is 10.4. The lowest BCUT2D eigenvalue weighted by molar-refractivity contribution is 0.125. The number of nitrogens with two attached hydrogens (primary N) is 1. The van der Waals surface area contributed by atoms with Gasteiger partial charge in [-0.3, -0.25) is 0 Å². The molecular weight excluding hydrogens is 206 g/mol. The topological polar surface area (TPSA) is 53.7 Å². The van der Waals surface area contributed by atoms with Crippen molar-refractivity contribution < 1.29 is 13.3 Å². The van der Waals surface area contributed by atoms with Gasteiger partial charge in [-0.1, -0.05) is 0 Å². The van der Waals surface area contributed by atoms with Gasteiger partial charge < -0.3 is 19.0 Å². The summed E-state index contributed by atoms with van der Waals surface area (Å²) >= 11 is 1.80. The molecule has 2 N–H and O–H groups in total. The van der Waals surface area contributed by atoms with E-state index >= 15 is 0 Å². The van der Waals surface area contributed by atoms with Gasteiger partial charge in [-0.05, 0) is 5.75 Å². The van der Waals surface area contributed by atoms with Crippen LogP contribution in [0.5, 0.6) is 0 Å². The van der Waals surface area contributed by atoms with Gasteiger partial charge in [0.05, 0.1) is 0 Å². The van der Waals surface area contributed by atoms with Gasteiger partial charge in [0.1, 0.15) is 0 Å². The van der Waals surface area contributed by atoms with Crippen LogP contribution >= 0.6 is 11.8 Å². The minimum Gasteiger partial charge on any atom is -0.377 e. The van der Waals surface area contributed by atoms with Crippen molar-refractivity contribution in [2.24, 2.45) is 5.73 Å². The normalized spacial score (nSPS) is 12.0. The molecule has 0 spiro atoms. The first-order chi connectivity index (χ1) is 6.24. The third-order valence-electron chi connectivity index (χ3n) is 1.75. The van der Waals surface area contributed by atoms with E-state index in [0.29, 0.717) is 6.54 Å². The van der Waals surface area contributed by atoms with Crippen LogP contribution in [0.4, 0.5) is 0 Å². The van der Waals surface area contributed by atoms with Crippen molar-refractivity contribution in [2.45, 2.75) is 6.04 Å². The van der Waals surface area contributed by atoms with Gasteiger partial charge in [-0.25, -0.2) is 0 Å². The van der Waals surface area contributed by atoms with E-state index in [4.69, 9.17) is 19.0 Å². The highest BCUT2D eigenvalue weighted by Crippen LogP contribution is 2.15. The van der Waals surface area contributed by atoms with Crippen LogP contribution in [-0.4, -0.2) is 48.2 Å². The second kappa shape index (κ2) is 7.78. The highest BCUT2D eigenvalue weighted by atomic mass is 32.2. The molecule has 4 nitrogen and oxygen atoms in total. The molecule has 0 heterocycles. The van der Waals surface area contributed by atoms with E-state index in [1.807, 2.05) is 0 Å². The molecule has 0 saturated heterocycles. The molecule has 6 heteroatoms. The Balaban J connectivity index is 3.68. The Morgan fingerprint density at radius 3 is 2.00 bits per heavy atom. The van der Waals surface area contributed by atoms with Gasteiger partial charge in [0, 0.05) is 39.7 Å². The largest absolute Gasteiger partial charge is 0.500 e. The summed E-state index contributed by atoms with van der Waals surface area (Å²) in [7, 11) is 2.57. The summed E-state index contributed by atoms with van der Waals surface area (Å²) in [5.74, 6) is 1.95. The molecule has 0 unspecified atom stereocenters. The minimum absolute atomic E-state index is 0.714. The number of thioether (sulfide) groups is 1. The number of hydrogen-bond donors (Lipinski definition) is 1. The SMILES string of the molecule is CO[Si](CCSCCN)(OC)OC. The zero-order chi connectivity index (χ0) is 10.2. The van der Waals surface area contributed by atoms with Gasteiger partial charge >= 0.3 is 8.80 Å². The average molecular weight is 225 g/mol. The van der Waals surface area contributed by atoms with Crippen molar-refractivity contribution in [3.8, 4) is 0 Å². The second-order valence-corrected chi connectivity index (χ2v) is 6.76. The van der Waals surface area contributed by atoms with Gasteiger partial charge in [0.15, 0.2) is 0 Å². The summed E-state index contributed by atoms with van der Waals surface area (Å²) in [6.07, 6.45) is 0. The smallest absolute Gasteiger partial charge is 0.377 e. The Hall–Kier alpha value is 0.407. The van der Waals surface area contributed by atoms with Crippen LogP contribution < -0.4 is 5.73 Å². The Morgan fingerprint density at radius 1 is 1.08 bits per heavy atom. The van der Waals surface area contributed by atoms with Crippen molar-refractivity contribution >= 4 is 20.6 Å². The minimum atomic E-state index is -2.33. The number of rotatable bonds is 8. The van der Waals surface area contributed by atoms with Gasteiger partial charge in [-0.15, -0.1) is 0 Å². The van der Waals surface area contributed by atoms with Crippen LogP contribution in [0, 0.1) is 0 Å². The predicted molar refractivity (Wildman–Crippen MR) is 58.0 cm³/mol. The first-order valence-electron chi connectivity index (χ1n) is 4.18. The molecule has 0 rings (SSSR count). The summed E-state index contributed by atoms with van der Waals surface area (Å²) in [6, 6.07) is 0.834. The molecule has 0 saturated carbocycles. The Kier molecular flexibility index (Phi) is 8.02. The van der Waals surface area contributed by atoms with Gasteiger partial charge in [-0.2, -0.15) is 11.8 Å². The molecule has 0 aromatic heterocycles. The van der Waals surface area contributed by atoms with E-state index in [-0.39, 0.29) is 0 Å². The Bertz CT molecular complexity index is 116. The lowest BCUT2D eigenvalue weighted by atomic mass is 10.8.